The molecule has 1 aromatic heterocycles. The van der Waals surface area contributed by atoms with Gasteiger partial charge in [0.15, 0.2) is 0 Å². The van der Waals surface area contributed by atoms with Gasteiger partial charge in [-0.3, -0.25) is 0 Å². The number of aromatic nitrogens is 3. The molecular formula is C14H28N6. The van der Waals surface area contributed by atoms with Crippen molar-refractivity contribution in [2.24, 2.45) is 5.92 Å². The van der Waals surface area contributed by atoms with Gasteiger partial charge in [0.05, 0.1) is 0 Å². The lowest BCUT2D eigenvalue weighted by molar-refractivity contribution is 0.566. The Hall–Kier alpha value is -1.59. The normalized spacial score (nSPS) is 10.7. The molecule has 0 bridgehead atoms. The van der Waals surface area contributed by atoms with E-state index in [0.29, 0.717) is 17.8 Å². The van der Waals surface area contributed by atoms with Crippen molar-refractivity contribution in [3.05, 3.63) is 0 Å². The van der Waals surface area contributed by atoms with E-state index in [0.717, 1.165) is 31.8 Å². The number of hydrogen-bond acceptors (Lipinski definition) is 6. The first kappa shape index (κ1) is 16.5. The summed E-state index contributed by atoms with van der Waals surface area (Å²) in [6.07, 6.45) is 3.37. The number of anilines is 3. The topological polar surface area (TPSA) is 66.0 Å². The zero-order valence-electron chi connectivity index (χ0n) is 13.4. The first-order valence-electron chi connectivity index (χ1n) is 7.44. The molecular weight excluding hydrogens is 252 g/mol. The zero-order valence-corrected chi connectivity index (χ0v) is 13.4. The SMILES string of the molecule is CCCNc1nc(NCCCC(C)C)nc(N(C)C)n1. The lowest BCUT2D eigenvalue weighted by Gasteiger charge is -2.14. The van der Waals surface area contributed by atoms with E-state index < -0.39 is 0 Å². The first-order valence-corrected chi connectivity index (χ1v) is 7.44. The van der Waals surface area contributed by atoms with Crippen LogP contribution >= 0.6 is 0 Å². The van der Waals surface area contributed by atoms with Crippen molar-refractivity contribution in [3.63, 3.8) is 0 Å². The largest absolute Gasteiger partial charge is 0.354 e. The highest BCUT2D eigenvalue weighted by Crippen LogP contribution is 2.12. The molecule has 114 valence electrons. The predicted molar refractivity (Wildman–Crippen MR) is 85.5 cm³/mol. The number of hydrogen-bond donors (Lipinski definition) is 2. The highest BCUT2D eigenvalue weighted by molar-refractivity contribution is 5.42. The van der Waals surface area contributed by atoms with E-state index in [9.17, 15) is 0 Å². The number of nitrogens with zero attached hydrogens (tertiary/aromatic N) is 4. The van der Waals surface area contributed by atoms with Crippen molar-refractivity contribution in [3.8, 4) is 0 Å². The number of rotatable bonds is 9. The van der Waals surface area contributed by atoms with Crippen LogP contribution in [-0.2, 0) is 0 Å². The average Bonchev–Trinajstić information content (AvgIpc) is 2.41. The van der Waals surface area contributed by atoms with Crippen LogP contribution in [0, 0.1) is 5.92 Å². The molecule has 0 spiro atoms. The van der Waals surface area contributed by atoms with Crippen LogP contribution in [0.15, 0.2) is 0 Å². The van der Waals surface area contributed by atoms with E-state index in [1.54, 1.807) is 0 Å². The molecule has 0 radical (unpaired) electrons. The van der Waals surface area contributed by atoms with Crippen LogP contribution in [0.4, 0.5) is 17.8 Å². The highest BCUT2D eigenvalue weighted by Gasteiger charge is 2.07. The van der Waals surface area contributed by atoms with Crippen LogP contribution in [0.3, 0.4) is 0 Å². The fraction of sp³-hybridized carbons (Fsp3) is 0.786. The molecule has 6 heteroatoms. The quantitative estimate of drug-likeness (QED) is 0.678. The van der Waals surface area contributed by atoms with Crippen molar-refractivity contribution >= 4 is 17.8 Å². The molecule has 0 saturated carbocycles. The second-order valence-electron chi connectivity index (χ2n) is 5.57. The molecule has 1 heterocycles. The van der Waals surface area contributed by atoms with Gasteiger partial charge in [-0.1, -0.05) is 20.8 Å². The van der Waals surface area contributed by atoms with E-state index >= 15 is 0 Å². The van der Waals surface area contributed by atoms with Crippen molar-refractivity contribution in [2.45, 2.75) is 40.0 Å². The van der Waals surface area contributed by atoms with Gasteiger partial charge in [-0.2, -0.15) is 15.0 Å². The molecule has 0 aliphatic rings. The summed E-state index contributed by atoms with van der Waals surface area (Å²) in [4.78, 5) is 15.1. The van der Waals surface area contributed by atoms with Crippen molar-refractivity contribution in [1.29, 1.82) is 0 Å². The highest BCUT2D eigenvalue weighted by atomic mass is 15.3. The molecule has 0 aliphatic heterocycles. The maximum absolute atomic E-state index is 4.41. The monoisotopic (exact) mass is 280 g/mol. The second kappa shape index (κ2) is 8.55. The van der Waals surface area contributed by atoms with E-state index in [-0.39, 0.29) is 0 Å². The smallest absolute Gasteiger partial charge is 0.231 e. The van der Waals surface area contributed by atoms with Crippen LogP contribution in [0.2, 0.25) is 0 Å². The van der Waals surface area contributed by atoms with Crippen LogP contribution < -0.4 is 15.5 Å². The van der Waals surface area contributed by atoms with Gasteiger partial charge in [0.25, 0.3) is 0 Å². The summed E-state index contributed by atoms with van der Waals surface area (Å²) in [5.41, 5.74) is 0. The summed E-state index contributed by atoms with van der Waals surface area (Å²) in [5.74, 6) is 2.68. The second-order valence-corrected chi connectivity index (χ2v) is 5.57. The lowest BCUT2D eigenvalue weighted by Crippen LogP contribution is -2.17. The molecule has 2 N–H and O–H groups in total. The van der Waals surface area contributed by atoms with Crippen LogP contribution in [0.25, 0.3) is 0 Å². The summed E-state index contributed by atoms with van der Waals surface area (Å²) in [5, 5.41) is 6.49. The Bertz CT molecular complexity index is 391. The molecule has 0 atom stereocenters. The van der Waals surface area contributed by atoms with E-state index in [1.165, 1.54) is 6.42 Å². The van der Waals surface area contributed by atoms with Gasteiger partial charge in [0.2, 0.25) is 17.8 Å². The Morgan fingerprint density at radius 3 is 2.10 bits per heavy atom. The average molecular weight is 280 g/mol. The third-order valence-corrected chi connectivity index (χ3v) is 2.80. The van der Waals surface area contributed by atoms with Gasteiger partial charge in [0.1, 0.15) is 0 Å². The molecule has 0 aliphatic carbocycles. The Kier molecular flexibility index (Phi) is 7.04. The fourth-order valence-corrected chi connectivity index (χ4v) is 1.67. The Morgan fingerprint density at radius 2 is 1.60 bits per heavy atom. The van der Waals surface area contributed by atoms with Crippen LogP contribution in [-0.4, -0.2) is 42.1 Å². The van der Waals surface area contributed by atoms with Crippen molar-refractivity contribution in [1.82, 2.24) is 15.0 Å². The fourth-order valence-electron chi connectivity index (χ4n) is 1.67. The molecule has 1 rings (SSSR count). The summed E-state index contributed by atoms with van der Waals surface area (Å²) in [7, 11) is 3.86. The third kappa shape index (κ3) is 6.04. The number of nitrogens with one attached hydrogen (secondary N) is 2. The molecule has 1 aromatic rings. The van der Waals surface area contributed by atoms with Gasteiger partial charge in [-0.15, -0.1) is 0 Å². The van der Waals surface area contributed by atoms with Gasteiger partial charge in [-0.25, -0.2) is 0 Å². The summed E-state index contributed by atoms with van der Waals surface area (Å²) in [6, 6.07) is 0. The van der Waals surface area contributed by atoms with Gasteiger partial charge in [0, 0.05) is 27.2 Å². The molecule has 0 aromatic carbocycles. The van der Waals surface area contributed by atoms with Crippen molar-refractivity contribution < 1.29 is 0 Å². The minimum atomic E-state index is 0.636. The molecule has 6 nitrogen and oxygen atoms in total. The van der Waals surface area contributed by atoms with E-state index in [4.69, 9.17) is 0 Å². The van der Waals surface area contributed by atoms with Gasteiger partial charge in [-0.05, 0) is 25.2 Å². The molecule has 20 heavy (non-hydrogen) atoms. The minimum Gasteiger partial charge on any atom is -0.354 e. The van der Waals surface area contributed by atoms with Crippen molar-refractivity contribution in [2.75, 3.05) is 42.7 Å². The Morgan fingerprint density at radius 1 is 1.00 bits per heavy atom. The first-order chi connectivity index (χ1) is 9.52. The van der Waals surface area contributed by atoms with Gasteiger partial charge >= 0.3 is 0 Å². The van der Waals surface area contributed by atoms with Crippen LogP contribution in [0.5, 0.6) is 0 Å². The van der Waals surface area contributed by atoms with E-state index in [1.807, 2.05) is 19.0 Å². The standard InChI is InChI=1S/C14H28N6/c1-6-9-15-12-17-13(16-10-7-8-11(2)3)19-14(18-12)20(4)5/h11H,6-10H2,1-5H3,(H2,15,16,17,18,19). The molecule has 0 fully saturated rings. The predicted octanol–water partition coefficient (Wildman–Crippen LogP) is 2.61. The van der Waals surface area contributed by atoms with Gasteiger partial charge < -0.3 is 15.5 Å². The Labute approximate surface area is 122 Å². The summed E-state index contributed by atoms with van der Waals surface area (Å²) < 4.78 is 0. The van der Waals surface area contributed by atoms with E-state index in [2.05, 4.69) is 46.4 Å². The minimum absolute atomic E-state index is 0.636. The maximum atomic E-state index is 4.41. The zero-order chi connectivity index (χ0) is 15.0. The molecule has 0 saturated heterocycles. The summed E-state index contributed by atoms with van der Waals surface area (Å²) >= 11 is 0. The Balaban J connectivity index is 2.65. The maximum Gasteiger partial charge on any atom is 0.231 e. The third-order valence-electron chi connectivity index (χ3n) is 2.80. The molecule has 0 unspecified atom stereocenters. The van der Waals surface area contributed by atoms with Crippen LogP contribution in [0.1, 0.15) is 40.0 Å². The lowest BCUT2D eigenvalue weighted by atomic mass is 10.1. The molecule has 0 amide bonds. The summed E-state index contributed by atoms with van der Waals surface area (Å²) in [6.45, 7) is 8.35.